The molecule has 6 nitrogen and oxygen atoms in total. The Morgan fingerprint density at radius 1 is 1.04 bits per heavy atom. The van der Waals surface area contributed by atoms with Crippen LogP contribution in [-0.2, 0) is 0 Å². The van der Waals surface area contributed by atoms with E-state index in [1.807, 2.05) is 0 Å². The van der Waals surface area contributed by atoms with Crippen LogP contribution in [0, 0.1) is 0 Å². The van der Waals surface area contributed by atoms with E-state index >= 15 is 0 Å². The monoisotopic (exact) mass is 402 g/mol. The van der Waals surface area contributed by atoms with E-state index in [1.54, 1.807) is 61.6 Å². The molecule has 28 heavy (non-hydrogen) atoms. The van der Waals surface area contributed by atoms with Crippen LogP contribution in [-0.4, -0.2) is 50.1 Å². The summed E-state index contributed by atoms with van der Waals surface area (Å²) in [5, 5.41) is 3.49. The average molecular weight is 403 g/mol. The van der Waals surface area contributed by atoms with Gasteiger partial charge in [-0.2, -0.15) is 0 Å². The predicted octanol–water partition coefficient (Wildman–Crippen LogP) is 3.39. The molecule has 1 fully saturated rings. The molecule has 0 aliphatic carbocycles. The highest BCUT2D eigenvalue weighted by atomic mass is 35.5. The molecule has 0 unspecified atom stereocenters. The Bertz CT molecular complexity index is 841. The summed E-state index contributed by atoms with van der Waals surface area (Å²) in [6.07, 6.45) is 1.37. The van der Waals surface area contributed by atoms with E-state index in [0.29, 0.717) is 53.6 Å². The average Bonchev–Trinajstić information content (AvgIpc) is 2.73. The van der Waals surface area contributed by atoms with Gasteiger partial charge in [0.25, 0.3) is 11.8 Å². The fourth-order valence-corrected chi connectivity index (χ4v) is 3.46. The quantitative estimate of drug-likeness (QED) is 0.832. The van der Waals surface area contributed by atoms with Gasteiger partial charge in [0, 0.05) is 30.8 Å². The van der Waals surface area contributed by atoms with Crippen LogP contribution in [0.5, 0.6) is 11.5 Å². The molecule has 1 saturated heterocycles. The molecule has 1 aliphatic rings. The fourth-order valence-electron chi connectivity index (χ4n) is 3.24. The highest BCUT2D eigenvalue weighted by molar-refractivity contribution is 6.33. The highest BCUT2D eigenvalue weighted by Gasteiger charge is 2.26. The number of nitrogens with zero attached hydrogens (tertiary/aromatic N) is 1. The molecule has 2 aromatic rings. The van der Waals surface area contributed by atoms with Gasteiger partial charge in [-0.3, -0.25) is 9.59 Å². The molecule has 1 heterocycles. The highest BCUT2D eigenvalue weighted by Crippen LogP contribution is 2.23. The second kappa shape index (κ2) is 8.97. The molecule has 0 atom stereocenters. The van der Waals surface area contributed by atoms with Gasteiger partial charge >= 0.3 is 0 Å². The van der Waals surface area contributed by atoms with Crippen molar-refractivity contribution in [1.82, 2.24) is 10.2 Å². The van der Waals surface area contributed by atoms with Crippen LogP contribution in [0.1, 0.15) is 33.6 Å². The summed E-state index contributed by atoms with van der Waals surface area (Å²) in [6, 6.07) is 12.1. The number of nitrogens with one attached hydrogen (secondary N) is 1. The van der Waals surface area contributed by atoms with E-state index in [4.69, 9.17) is 21.1 Å². The topological polar surface area (TPSA) is 67.9 Å². The summed E-state index contributed by atoms with van der Waals surface area (Å²) in [7, 11) is 3.09. The second-order valence-corrected chi connectivity index (χ2v) is 7.03. The third kappa shape index (κ3) is 4.57. The Hall–Kier alpha value is -2.73. The van der Waals surface area contributed by atoms with Crippen LogP contribution < -0.4 is 14.8 Å². The lowest BCUT2D eigenvalue weighted by molar-refractivity contribution is 0.0698. The number of hydrogen-bond acceptors (Lipinski definition) is 4. The van der Waals surface area contributed by atoms with Crippen molar-refractivity contribution >= 4 is 23.4 Å². The van der Waals surface area contributed by atoms with Crippen molar-refractivity contribution in [2.45, 2.75) is 18.9 Å². The number of carbonyl (C=O) groups excluding carboxylic acids is 2. The van der Waals surface area contributed by atoms with Gasteiger partial charge in [0.15, 0.2) is 0 Å². The zero-order valence-electron chi connectivity index (χ0n) is 15.9. The van der Waals surface area contributed by atoms with E-state index in [9.17, 15) is 9.59 Å². The van der Waals surface area contributed by atoms with Crippen molar-refractivity contribution in [3.8, 4) is 11.5 Å². The molecule has 0 radical (unpaired) electrons. The molecule has 1 N–H and O–H groups in total. The van der Waals surface area contributed by atoms with Crippen molar-refractivity contribution in [3.63, 3.8) is 0 Å². The zero-order chi connectivity index (χ0) is 20.1. The first-order valence-electron chi connectivity index (χ1n) is 9.09. The summed E-state index contributed by atoms with van der Waals surface area (Å²) in [4.78, 5) is 27.0. The standard InChI is InChI=1S/C21H23ClN2O4/c1-27-16-11-14(12-17(13-16)28-2)20(25)23-15-7-9-24(10-8-15)21(26)18-5-3-4-6-19(18)22/h3-6,11-13,15H,7-10H2,1-2H3,(H,23,25). The minimum Gasteiger partial charge on any atom is -0.497 e. The van der Waals surface area contributed by atoms with E-state index in [-0.39, 0.29) is 17.9 Å². The van der Waals surface area contributed by atoms with Crippen LogP contribution in [0.15, 0.2) is 42.5 Å². The number of hydrogen-bond donors (Lipinski definition) is 1. The maximum Gasteiger partial charge on any atom is 0.255 e. The maximum atomic E-state index is 12.6. The van der Waals surface area contributed by atoms with E-state index in [1.165, 1.54) is 0 Å². The number of methoxy groups -OCH3 is 2. The van der Waals surface area contributed by atoms with Gasteiger partial charge in [0.2, 0.25) is 0 Å². The van der Waals surface area contributed by atoms with Gasteiger partial charge in [0.05, 0.1) is 24.8 Å². The second-order valence-electron chi connectivity index (χ2n) is 6.62. The van der Waals surface area contributed by atoms with E-state index < -0.39 is 0 Å². The number of carbonyl (C=O) groups is 2. The first-order valence-corrected chi connectivity index (χ1v) is 9.47. The maximum absolute atomic E-state index is 12.6. The van der Waals surface area contributed by atoms with Gasteiger partial charge in [0.1, 0.15) is 11.5 Å². The van der Waals surface area contributed by atoms with Gasteiger partial charge in [-0.25, -0.2) is 0 Å². The molecule has 0 spiro atoms. The SMILES string of the molecule is COc1cc(OC)cc(C(=O)NC2CCN(C(=O)c3ccccc3Cl)CC2)c1. The summed E-state index contributed by atoms with van der Waals surface area (Å²) < 4.78 is 10.4. The normalized spacial score (nSPS) is 14.5. The summed E-state index contributed by atoms with van der Waals surface area (Å²) in [5.74, 6) is 0.857. The summed E-state index contributed by atoms with van der Waals surface area (Å²) in [5.41, 5.74) is 0.987. The molecule has 148 valence electrons. The predicted molar refractivity (Wildman–Crippen MR) is 107 cm³/mol. The molecule has 0 bridgehead atoms. The Morgan fingerprint density at radius 3 is 2.21 bits per heavy atom. The fraction of sp³-hybridized carbons (Fsp3) is 0.333. The molecule has 0 aromatic heterocycles. The van der Waals surface area contributed by atoms with Crippen LogP contribution in [0.3, 0.4) is 0 Å². The summed E-state index contributed by atoms with van der Waals surface area (Å²) >= 11 is 6.13. The third-order valence-electron chi connectivity index (χ3n) is 4.84. The number of ether oxygens (including phenoxy) is 2. The Balaban J connectivity index is 1.59. The molecule has 3 rings (SSSR count). The van der Waals surface area contributed by atoms with Crippen molar-refractivity contribution in [2.75, 3.05) is 27.3 Å². The minimum atomic E-state index is -0.187. The lowest BCUT2D eigenvalue weighted by Crippen LogP contribution is -2.46. The van der Waals surface area contributed by atoms with Crippen LogP contribution in [0.2, 0.25) is 5.02 Å². The Kier molecular flexibility index (Phi) is 6.41. The number of amides is 2. The number of piperidine rings is 1. The number of rotatable bonds is 5. The van der Waals surface area contributed by atoms with Gasteiger partial charge < -0.3 is 19.7 Å². The molecule has 2 aromatic carbocycles. The van der Waals surface area contributed by atoms with E-state index in [2.05, 4.69) is 5.32 Å². The zero-order valence-corrected chi connectivity index (χ0v) is 16.7. The largest absolute Gasteiger partial charge is 0.497 e. The van der Waals surface area contributed by atoms with E-state index in [0.717, 1.165) is 0 Å². The lowest BCUT2D eigenvalue weighted by Gasteiger charge is -2.32. The smallest absolute Gasteiger partial charge is 0.255 e. The van der Waals surface area contributed by atoms with Crippen molar-refractivity contribution in [1.29, 1.82) is 0 Å². The molecule has 7 heteroatoms. The van der Waals surface area contributed by atoms with Crippen LogP contribution in [0.4, 0.5) is 0 Å². The molecule has 2 amide bonds. The van der Waals surface area contributed by atoms with Gasteiger partial charge in [-0.05, 0) is 37.1 Å². The van der Waals surface area contributed by atoms with Crippen molar-refractivity contribution in [2.24, 2.45) is 0 Å². The van der Waals surface area contributed by atoms with Crippen molar-refractivity contribution in [3.05, 3.63) is 58.6 Å². The summed E-state index contributed by atoms with van der Waals surface area (Å²) in [6.45, 7) is 1.13. The van der Waals surface area contributed by atoms with Crippen molar-refractivity contribution < 1.29 is 19.1 Å². The lowest BCUT2D eigenvalue weighted by atomic mass is 10.0. The van der Waals surface area contributed by atoms with Crippen LogP contribution in [0.25, 0.3) is 0 Å². The van der Waals surface area contributed by atoms with Gasteiger partial charge in [-0.15, -0.1) is 0 Å². The first kappa shape index (κ1) is 20.0. The minimum absolute atomic E-state index is 0.00000814. The molecular weight excluding hydrogens is 380 g/mol. The number of halogens is 1. The molecule has 1 aliphatic heterocycles. The van der Waals surface area contributed by atoms with Crippen LogP contribution >= 0.6 is 11.6 Å². The Labute approximate surface area is 169 Å². The third-order valence-corrected chi connectivity index (χ3v) is 5.16. The Morgan fingerprint density at radius 2 is 1.64 bits per heavy atom. The molecule has 0 saturated carbocycles. The number of likely N-dealkylation sites (tertiary alicyclic amines) is 1. The first-order chi connectivity index (χ1) is 13.5. The number of benzene rings is 2. The molecular formula is C21H23ClN2O4. The van der Waals surface area contributed by atoms with Gasteiger partial charge in [-0.1, -0.05) is 23.7 Å².